The first-order valence-electron chi connectivity index (χ1n) is 7.92. The second kappa shape index (κ2) is 10.9. The average molecular weight is 355 g/mol. The summed E-state index contributed by atoms with van der Waals surface area (Å²) in [5.41, 5.74) is -2.69. The highest BCUT2D eigenvalue weighted by Gasteiger charge is 2.35. The molecular weight excluding hydrogens is 329 g/mol. The van der Waals surface area contributed by atoms with Crippen molar-refractivity contribution >= 4 is 35.0 Å². The van der Waals surface area contributed by atoms with Crippen molar-refractivity contribution < 1.29 is 37.5 Å². The van der Waals surface area contributed by atoms with Crippen LogP contribution in [0.3, 0.4) is 0 Å². The van der Waals surface area contributed by atoms with Gasteiger partial charge in [-0.1, -0.05) is 0 Å². The lowest BCUT2D eigenvalue weighted by Crippen LogP contribution is -2.44. The molecule has 0 aliphatic rings. The standard InChI is InChI=1S/C14H26B3O8/c1-9(2)20-15-22-11(18)13(5,6)24-17-25-14(7,8)12(19)23-16-21-10(3)4/h9-10H,1-8H3. The SMILES string of the molecule is CC(C)O[B]OC(=O)C(C)(C)O[B]OC(C)(C)C(=O)O[B]OC(C)C. The number of rotatable bonds is 12. The quantitative estimate of drug-likeness (QED) is 0.481. The molecular formula is C14H26B3O8. The Bertz CT molecular complexity index is 388. The van der Waals surface area contributed by atoms with Gasteiger partial charge in [-0.05, 0) is 55.4 Å². The van der Waals surface area contributed by atoms with Gasteiger partial charge < -0.3 is 27.9 Å². The molecule has 25 heavy (non-hydrogen) atoms. The molecule has 8 nitrogen and oxygen atoms in total. The first-order valence-corrected chi connectivity index (χ1v) is 7.92. The van der Waals surface area contributed by atoms with E-state index in [2.05, 4.69) is 0 Å². The molecule has 0 aliphatic carbocycles. The lowest BCUT2D eigenvalue weighted by molar-refractivity contribution is -0.155. The first kappa shape index (κ1) is 24.0. The predicted octanol–water partition coefficient (Wildman–Crippen LogP) is 1.12. The van der Waals surface area contributed by atoms with E-state index >= 15 is 0 Å². The van der Waals surface area contributed by atoms with Crippen molar-refractivity contribution in [3.05, 3.63) is 0 Å². The Kier molecular flexibility index (Phi) is 10.4. The zero-order valence-corrected chi connectivity index (χ0v) is 16.2. The second-order valence-corrected chi connectivity index (χ2v) is 6.73. The molecule has 0 spiro atoms. The summed E-state index contributed by atoms with van der Waals surface area (Å²) >= 11 is 0. The summed E-state index contributed by atoms with van der Waals surface area (Å²) in [6.07, 6.45) is -0.231. The van der Waals surface area contributed by atoms with Gasteiger partial charge in [-0.3, -0.25) is 9.59 Å². The molecule has 11 heteroatoms. The molecule has 0 saturated carbocycles. The molecule has 0 atom stereocenters. The van der Waals surface area contributed by atoms with E-state index in [-0.39, 0.29) is 12.2 Å². The minimum Gasteiger partial charge on any atom is -0.509 e. The molecule has 0 fully saturated rings. The Morgan fingerprint density at radius 2 is 1.00 bits per heavy atom. The van der Waals surface area contributed by atoms with Crippen LogP contribution in [-0.2, 0) is 37.5 Å². The molecule has 0 aromatic carbocycles. The Hall–Kier alpha value is -1.03. The number of carbonyl (C=O) groups is 2. The van der Waals surface area contributed by atoms with Gasteiger partial charge in [0, 0.05) is 12.2 Å². The molecule has 0 aromatic rings. The van der Waals surface area contributed by atoms with Crippen molar-refractivity contribution in [3.8, 4) is 0 Å². The number of hydrogen-bond donors (Lipinski definition) is 0. The average Bonchev–Trinajstić information content (AvgIpc) is 2.45. The van der Waals surface area contributed by atoms with Gasteiger partial charge in [-0.2, -0.15) is 0 Å². The van der Waals surface area contributed by atoms with Gasteiger partial charge in [-0.25, -0.2) is 0 Å². The van der Waals surface area contributed by atoms with Crippen molar-refractivity contribution in [2.75, 3.05) is 0 Å². The zero-order chi connectivity index (χ0) is 19.7. The number of carbonyl (C=O) groups excluding carboxylic acids is 2. The fraction of sp³-hybridized carbons (Fsp3) is 0.857. The Labute approximate surface area is 152 Å². The van der Waals surface area contributed by atoms with Crippen LogP contribution in [0.4, 0.5) is 0 Å². The topological polar surface area (TPSA) is 89.5 Å². The summed E-state index contributed by atoms with van der Waals surface area (Å²) < 4.78 is 30.1. The van der Waals surface area contributed by atoms with Gasteiger partial charge in [-0.15, -0.1) is 0 Å². The van der Waals surface area contributed by atoms with E-state index in [0.717, 1.165) is 23.1 Å². The van der Waals surface area contributed by atoms with Crippen LogP contribution in [0.5, 0.6) is 0 Å². The van der Waals surface area contributed by atoms with Crippen LogP contribution in [0.1, 0.15) is 55.4 Å². The molecule has 0 aliphatic heterocycles. The molecule has 0 N–H and O–H groups in total. The van der Waals surface area contributed by atoms with Gasteiger partial charge in [0.1, 0.15) is 11.2 Å². The molecule has 0 saturated heterocycles. The van der Waals surface area contributed by atoms with Crippen LogP contribution in [-0.4, -0.2) is 58.4 Å². The van der Waals surface area contributed by atoms with Crippen LogP contribution in [0.2, 0.25) is 0 Å². The van der Waals surface area contributed by atoms with E-state index in [1.54, 1.807) is 27.7 Å². The van der Waals surface area contributed by atoms with Crippen LogP contribution in [0, 0.1) is 0 Å². The van der Waals surface area contributed by atoms with Crippen molar-refractivity contribution in [2.45, 2.75) is 78.8 Å². The van der Waals surface area contributed by atoms with Crippen LogP contribution < -0.4 is 0 Å². The molecule has 0 rings (SSSR count). The smallest absolute Gasteiger partial charge is 0.509 e. The molecule has 0 bridgehead atoms. The van der Waals surface area contributed by atoms with E-state index in [0.29, 0.717) is 0 Å². The molecule has 0 amide bonds. The van der Waals surface area contributed by atoms with Crippen molar-refractivity contribution in [3.63, 3.8) is 0 Å². The maximum Gasteiger partial charge on any atom is 0.574 e. The Morgan fingerprint density at radius 3 is 1.28 bits per heavy atom. The zero-order valence-electron chi connectivity index (χ0n) is 16.2. The van der Waals surface area contributed by atoms with Gasteiger partial charge in [0.2, 0.25) is 0 Å². The molecule has 0 heterocycles. The van der Waals surface area contributed by atoms with Crippen molar-refractivity contribution in [1.82, 2.24) is 0 Å². The first-order chi connectivity index (χ1) is 11.4. The normalized spacial score (nSPS) is 12.1. The molecule has 0 aromatic heterocycles. The summed E-state index contributed by atoms with van der Waals surface area (Å²) in [5.74, 6) is -1.38. The van der Waals surface area contributed by atoms with Crippen LogP contribution in [0.15, 0.2) is 0 Å². The van der Waals surface area contributed by atoms with E-state index in [1.807, 2.05) is 0 Å². The third kappa shape index (κ3) is 10.5. The highest BCUT2D eigenvalue weighted by molar-refractivity contribution is 6.25. The van der Waals surface area contributed by atoms with E-state index in [9.17, 15) is 9.59 Å². The van der Waals surface area contributed by atoms with Crippen LogP contribution >= 0.6 is 0 Å². The Morgan fingerprint density at radius 1 is 0.680 bits per heavy atom. The highest BCUT2D eigenvalue weighted by Crippen LogP contribution is 2.15. The summed E-state index contributed by atoms with van der Waals surface area (Å²) in [4.78, 5) is 23.8. The maximum absolute atomic E-state index is 11.9. The molecule has 3 radical (unpaired) electrons. The lowest BCUT2D eigenvalue weighted by Gasteiger charge is -2.27. The summed E-state index contributed by atoms with van der Waals surface area (Å²) in [7, 11) is 2.80. The monoisotopic (exact) mass is 355 g/mol. The molecule has 0 unspecified atom stereocenters. The predicted molar refractivity (Wildman–Crippen MR) is 92.2 cm³/mol. The second-order valence-electron chi connectivity index (χ2n) is 6.73. The lowest BCUT2D eigenvalue weighted by atomic mass is 10.1. The van der Waals surface area contributed by atoms with E-state index in [1.165, 1.54) is 27.7 Å². The summed E-state index contributed by atoms with van der Waals surface area (Å²) in [5, 5.41) is 0. The largest absolute Gasteiger partial charge is 0.574 e. The number of hydrogen-bond acceptors (Lipinski definition) is 8. The fourth-order valence-corrected chi connectivity index (χ4v) is 1.01. The summed E-state index contributed by atoms with van der Waals surface area (Å²) in [6, 6.07) is 0. The Balaban J connectivity index is 4.27. The van der Waals surface area contributed by atoms with Gasteiger partial charge >= 0.3 is 35.0 Å². The van der Waals surface area contributed by atoms with Gasteiger partial charge in [0.15, 0.2) is 0 Å². The van der Waals surface area contributed by atoms with Gasteiger partial charge in [0.25, 0.3) is 0 Å². The van der Waals surface area contributed by atoms with Crippen LogP contribution in [0.25, 0.3) is 0 Å². The summed E-state index contributed by atoms with van der Waals surface area (Å²) in [6.45, 7) is 13.1. The van der Waals surface area contributed by atoms with Gasteiger partial charge in [0.05, 0.1) is 0 Å². The minimum absolute atomic E-state index is 0.116. The molecule has 139 valence electrons. The third-order valence-corrected chi connectivity index (χ3v) is 2.63. The van der Waals surface area contributed by atoms with E-state index < -0.39 is 23.1 Å². The fourth-order valence-electron chi connectivity index (χ4n) is 1.01. The van der Waals surface area contributed by atoms with Crippen molar-refractivity contribution in [2.24, 2.45) is 0 Å². The van der Waals surface area contributed by atoms with E-state index in [4.69, 9.17) is 27.9 Å². The highest BCUT2D eigenvalue weighted by atomic mass is 16.7. The minimum atomic E-state index is -1.34. The third-order valence-electron chi connectivity index (χ3n) is 2.63. The van der Waals surface area contributed by atoms with Crippen molar-refractivity contribution in [1.29, 1.82) is 0 Å². The maximum atomic E-state index is 11.9.